The summed E-state index contributed by atoms with van der Waals surface area (Å²) in [5, 5.41) is 11.6. The van der Waals surface area contributed by atoms with Gasteiger partial charge < -0.3 is 15.3 Å². The first-order valence-corrected chi connectivity index (χ1v) is 7.58. The van der Waals surface area contributed by atoms with Crippen LogP contribution in [-0.2, 0) is 4.79 Å². The first-order valence-electron chi connectivity index (χ1n) is 6.19. The summed E-state index contributed by atoms with van der Waals surface area (Å²) in [7, 11) is 1.70. The van der Waals surface area contributed by atoms with Gasteiger partial charge >= 0.3 is 12.0 Å². The number of urea groups is 1. The maximum absolute atomic E-state index is 11.9. The molecule has 2 amide bonds. The summed E-state index contributed by atoms with van der Waals surface area (Å²) in [6, 6.07) is -1.00. The molecule has 0 rings (SSSR count). The molecule has 0 aromatic carbocycles. The van der Waals surface area contributed by atoms with Crippen LogP contribution in [0.15, 0.2) is 0 Å². The van der Waals surface area contributed by atoms with Gasteiger partial charge in [0.15, 0.2) is 0 Å². The van der Waals surface area contributed by atoms with Crippen molar-refractivity contribution in [2.45, 2.75) is 45.2 Å². The lowest BCUT2D eigenvalue weighted by atomic mass is 10.2. The van der Waals surface area contributed by atoms with Crippen LogP contribution in [-0.4, -0.2) is 53.1 Å². The monoisotopic (exact) mass is 276 g/mol. The maximum Gasteiger partial charge on any atom is 0.326 e. The summed E-state index contributed by atoms with van der Waals surface area (Å²) in [5.74, 6) is -0.264. The van der Waals surface area contributed by atoms with Crippen molar-refractivity contribution < 1.29 is 14.7 Å². The number of hydrogen-bond donors (Lipinski definition) is 2. The van der Waals surface area contributed by atoms with Gasteiger partial charge in [-0.15, -0.1) is 0 Å². The van der Waals surface area contributed by atoms with Gasteiger partial charge in [0.2, 0.25) is 0 Å². The Morgan fingerprint density at radius 2 is 2.00 bits per heavy atom. The molecular weight excluding hydrogens is 252 g/mol. The van der Waals surface area contributed by atoms with Gasteiger partial charge in [-0.2, -0.15) is 11.8 Å². The molecule has 0 aliphatic heterocycles. The average molecular weight is 276 g/mol. The molecule has 0 saturated carbocycles. The molecule has 0 heterocycles. The van der Waals surface area contributed by atoms with E-state index in [9.17, 15) is 9.59 Å². The molecule has 106 valence electrons. The highest BCUT2D eigenvalue weighted by Gasteiger charge is 2.22. The molecule has 0 aromatic rings. The first kappa shape index (κ1) is 17.1. The Balaban J connectivity index is 4.35. The molecule has 0 spiro atoms. The number of rotatable bonds is 8. The van der Waals surface area contributed by atoms with Crippen molar-refractivity contribution in [3.8, 4) is 0 Å². The minimum atomic E-state index is -0.978. The van der Waals surface area contributed by atoms with Crippen molar-refractivity contribution in [1.82, 2.24) is 10.2 Å². The van der Waals surface area contributed by atoms with Crippen LogP contribution in [0.1, 0.15) is 33.1 Å². The molecule has 0 radical (unpaired) electrons. The summed E-state index contributed by atoms with van der Waals surface area (Å²) < 4.78 is 0. The van der Waals surface area contributed by atoms with Crippen LogP contribution in [0.25, 0.3) is 0 Å². The van der Waals surface area contributed by atoms with Gasteiger partial charge in [-0.05, 0) is 31.8 Å². The number of carbonyl (C=O) groups excluding carboxylic acids is 1. The quantitative estimate of drug-likeness (QED) is 0.711. The number of nitrogens with one attached hydrogen (secondary N) is 1. The lowest BCUT2D eigenvalue weighted by Crippen LogP contribution is -2.49. The first-order chi connectivity index (χ1) is 8.43. The summed E-state index contributed by atoms with van der Waals surface area (Å²) in [6.07, 6.45) is 4.26. The lowest BCUT2D eigenvalue weighted by Gasteiger charge is -2.26. The molecule has 6 heteroatoms. The molecule has 18 heavy (non-hydrogen) atoms. The number of carboxylic acids is 1. The Kier molecular flexibility index (Phi) is 8.62. The predicted octanol–water partition coefficient (Wildman–Crippen LogP) is 2.02. The molecule has 0 fully saturated rings. The van der Waals surface area contributed by atoms with Gasteiger partial charge in [0.05, 0.1) is 0 Å². The van der Waals surface area contributed by atoms with E-state index in [0.717, 1.165) is 12.8 Å². The van der Waals surface area contributed by atoms with Gasteiger partial charge in [-0.3, -0.25) is 0 Å². The van der Waals surface area contributed by atoms with E-state index in [2.05, 4.69) is 12.2 Å². The fourth-order valence-electron chi connectivity index (χ4n) is 1.56. The molecule has 5 nitrogen and oxygen atoms in total. The van der Waals surface area contributed by atoms with Gasteiger partial charge in [-0.1, -0.05) is 13.3 Å². The Morgan fingerprint density at radius 3 is 2.44 bits per heavy atom. The normalized spacial score (nSPS) is 13.8. The van der Waals surface area contributed by atoms with Crippen molar-refractivity contribution in [2.24, 2.45) is 0 Å². The van der Waals surface area contributed by atoms with Gasteiger partial charge in [-0.25, -0.2) is 9.59 Å². The molecular formula is C12H24N2O3S. The van der Waals surface area contributed by atoms with Crippen LogP contribution in [0.5, 0.6) is 0 Å². The maximum atomic E-state index is 11.9. The number of carbonyl (C=O) groups is 2. The van der Waals surface area contributed by atoms with E-state index in [1.807, 2.05) is 13.2 Å². The molecule has 0 saturated heterocycles. The second-order valence-corrected chi connectivity index (χ2v) is 5.36. The van der Waals surface area contributed by atoms with Crippen molar-refractivity contribution in [3.05, 3.63) is 0 Å². The number of carboxylic acid groups (broad SMARTS) is 1. The van der Waals surface area contributed by atoms with Gasteiger partial charge in [0, 0.05) is 13.1 Å². The number of hydrogen-bond acceptors (Lipinski definition) is 3. The predicted molar refractivity (Wildman–Crippen MR) is 75.1 cm³/mol. The Labute approximate surface area is 113 Å². The summed E-state index contributed by atoms with van der Waals surface area (Å²) >= 11 is 1.57. The third-order valence-electron chi connectivity index (χ3n) is 2.89. The van der Waals surface area contributed by atoms with Crippen LogP contribution < -0.4 is 5.32 Å². The Hall–Kier alpha value is -0.910. The highest BCUT2D eigenvalue weighted by atomic mass is 32.2. The van der Waals surface area contributed by atoms with Gasteiger partial charge in [0.1, 0.15) is 6.04 Å². The minimum absolute atomic E-state index is 0.116. The Morgan fingerprint density at radius 1 is 1.39 bits per heavy atom. The van der Waals surface area contributed by atoms with E-state index < -0.39 is 12.0 Å². The van der Waals surface area contributed by atoms with Crippen molar-refractivity contribution in [3.63, 3.8) is 0 Å². The van der Waals surface area contributed by atoms with E-state index in [0.29, 0.717) is 12.2 Å². The summed E-state index contributed by atoms with van der Waals surface area (Å²) in [6.45, 7) is 4.02. The number of aliphatic carboxylic acids is 1. The van der Waals surface area contributed by atoms with Crippen LogP contribution in [0, 0.1) is 0 Å². The average Bonchev–Trinajstić information content (AvgIpc) is 2.33. The van der Waals surface area contributed by atoms with Crippen LogP contribution in [0.2, 0.25) is 0 Å². The second kappa shape index (κ2) is 9.08. The van der Waals surface area contributed by atoms with Crippen molar-refractivity contribution >= 4 is 23.8 Å². The molecule has 2 atom stereocenters. The number of amides is 2. The highest BCUT2D eigenvalue weighted by Crippen LogP contribution is 2.06. The van der Waals surface area contributed by atoms with E-state index >= 15 is 0 Å². The lowest BCUT2D eigenvalue weighted by molar-refractivity contribution is -0.139. The van der Waals surface area contributed by atoms with Crippen molar-refractivity contribution in [1.29, 1.82) is 0 Å². The zero-order chi connectivity index (χ0) is 14.1. The fourth-order valence-corrected chi connectivity index (χ4v) is 2.03. The second-order valence-electron chi connectivity index (χ2n) is 4.37. The van der Waals surface area contributed by atoms with E-state index in [-0.39, 0.29) is 12.1 Å². The Bertz CT molecular complexity index is 274. The highest BCUT2D eigenvalue weighted by molar-refractivity contribution is 7.98. The summed E-state index contributed by atoms with van der Waals surface area (Å²) in [5.41, 5.74) is 0. The van der Waals surface area contributed by atoms with Crippen LogP contribution in [0.4, 0.5) is 4.79 Å². The molecule has 0 aliphatic carbocycles. The molecule has 0 aromatic heterocycles. The number of nitrogens with zero attached hydrogens (tertiary/aromatic N) is 1. The van der Waals surface area contributed by atoms with E-state index in [1.54, 1.807) is 23.7 Å². The van der Waals surface area contributed by atoms with Crippen LogP contribution >= 0.6 is 11.8 Å². The number of thioether (sulfide) groups is 1. The third-order valence-corrected chi connectivity index (χ3v) is 3.54. The topological polar surface area (TPSA) is 69.6 Å². The fraction of sp³-hybridized carbons (Fsp3) is 0.833. The van der Waals surface area contributed by atoms with E-state index in [4.69, 9.17) is 5.11 Å². The van der Waals surface area contributed by atoms with Crippen molar-refractivity contribution in [2.75, 3.05) is 19.1 Å². The SMILES string of the molecule is CCCC(C)N(C)C(=O)NC(CCSC)C(=O)O. The zero-order valence-electron chi connectivity index (χ0n) is 11.6. The molecule has 0 aliphatic rings. The molecule has 2 N–H and O–H groups in total. The molecule has 0 bridgehead atoms. The van der Waals surface area contributed by atoms with Gasteiger partial charge in [0.25, 0.3) is 0 Å². The standard InChI is InChI=1S/C12H24N2O3S/c1-5-6-9(2)14(3)12(17)13-10(11(15)16)7-8-18-4/h9-10H,5-8H2,1-4H3,(H,13,17)(H,15,16). The smallest absolute Gasteiger partial charge is 0.326 e. The molecule has 2 unspecified atom stereocenters. The zero-order valence-corrected chi connectivity index (χ0v) is 12.4. The largest absolute Gasteiger partial charge is 0.480 e. The van der Waals surface area contributed by atoms with E-state index in [1.165, 1.54) is 0 Å². The third kappa shape index (κ3) is 6.14. The van der Waals surface area contributed by atoms with Crippen LogP contribution in [0.3, 0.4) is 0 Å². The summed E-state index contributed by atoms with van der Waals surface area (Å²) in [4.78, 5) is 24.5. The minimum Gasteiger partial charge on any atom is -0.480 e.